The molecule has 0 aliphatic carbocycles. The van der Waals surface area contributed by atoms with Gasteiger partial charge in [0.15, 0.2) is 6.61 Å². The highest BCUT2D eigenvalue weighted by molar-refractivity contribution is 5.96. The molecule has 2 aromatic carbocycles. The Morgan fingerprint density at radius 2 is 1.52 bits per heavy atom. The van der Waals surface area contributed by atoms with Crippen LogP contribution in [-0.2, 0) is 20.5 Å². The van der Waals surface area contributed by atoms with Crippen LogP contribution >= 0.6 is 0 Å². The molecule has 0 unspecified atom stereocenters. The minimum Gasteiger partial charge on any atom is -0.452 e. The van der Waals surface area contributed by atoms with Gasteiger partial charge >= 0.3 is 12.1 Å². The normalized spacial score (nSPS) is 10.9. The number of halogens is 3. The SMILES string of the molecule is Cc1cccc(C)c1NC(=O)CNC(=O)COC(=O)c1ccc(C(F)(F)F)cc1. The van der Waals surface area contributed by atoms with Gasteiger partial charge in [-0.2, -0.15) is 13.2 Å². The van der Waals surface area contributed by atoms with E-state index in [0.717, 1.165) is 35.4 Å². The van der Waals surface area contributed by atoms with E-state index in [1.165, 1.54) is 0 Å². The number of carbonyl (C=O) groups excluding carboxylic acids is 3. The lowest BCUT2D eigenvalue weighted by atomic mass is 10.1. The Hall–Kier alpha value is -3.36. The third kappa shape index (κ3) is 6.34. The van der Waals surface area contributed by atoms with Gasteiger partial charge in [0.05, 0.1) is 17.7 Å². The van der Waals surface area contributed by atoms with Crippen molar-refractivity contribution in [3.63, 3.8) is 0 Å². The fourth-order valence-electron chi connectivity index (χ4n) is 2.43. The molecule has 0 atom stereocenters. The smallest absolute Gasteiger partial charge is 0.416 e. The van der Waals surface area contributed by atoms with Crippen LogP contribution in [0.15, 0.2) is 42.5 Å². The van der Waals surface area contributed by atoms with Crippen LogP contribution in [0.5, 0.6) is 0 Å². The fraction of sp³-hybridized carbons (Fsp3) is 0.250. The maximum absolute atomic E-state index is 12.5. The van der Waals surface area contributed by atoms with Crippen molar-refractivity contribution in [1.29, 1.82) is 0 Å². The predicted molar refractivity (Wildman–Crippen MR) is 99.3 cm³/mol. The summed E-state index contributed by atoms with van der Waals surface area (Å²) < 4.78 is 42.3. The van der Waals surface area contributed by atoms with E-state index in [4.69, 9.17) is 4.74 Å². The van der Waals surface area contributed by atoms with Crippen molar-refractivity contribution in [1.82, 2.24) is 5.32 Å². The number of ether oxygens (including phenoxy) is 1. The number of benzene rings is 2. The largest absolute Gasteiger partial charge is 0.452 e. The summed E-state index contributed by atoms with van der Waals surface area (Å²) in [6.07, 6.45) is -4.51. The van der Waals surface area contributed by atoms with Crippen LogP contribution in [0.3, 0.4) is 0 Å². The molecule has 0 spiro atoms. The quantitative estimate of drug-likeness (QED) is 0.719. The number of amides is 2. The van der Waals surface area contributed by atoms with E-state index in [2.05, 4.69) is 10.6 Å². The van der Waals surface area contributed by atoms with Crippen molar-refractivity contribution in [2.75, 3.05) is 18.5 Å². The number of hydrogen-bond donors (Lipinski definition) is 2. The number of aryl methyl sites for hydroxylation is 2. The van der Waals surface area contributed by atoms with Crippen molar-refractivity contribution < 1.29 is 32.3 Å². The molecular weight excluding hydrogens is 389 g/mol. The second-order valence-electron chi connectivity index (χ2n) is 6.24. The Balaban J connectivity index is 1.79. The number of nitrogens with one attached hydrogen (secondary N) is 2. The van der Waals surface area contributed by atoms with Crippen molar-refractivity contribution in [2.24, 2.45) is 0 Å². The molecule has 29 heavy (non-hydrogen) atoms. The van der Waals surface area contributed by atoms with E-state index in [1.807, 2.05) is 32.0 Å². The monoisotopic (exact) mass is 408 g/mol. The highest BCUT2D eigenvalue weighted by Crippen LogP contribution is 2.29. The van der Waals surface area contributed by atoms with Crippen LogP contribution in [0.2, 0.25) is 0 Å². The van der Waals surface area contributed by atoms with Gasteiger partial charge in [-0.15, -0.1) is 0 Å². The summed E-state index contributed by atoms with van der Waals surface area (Å²) in [5.41, 5.74) is 1.37. The van der Waals surface area contributed by atoms with Crippen molar-refractivity contribution in [2.45, 2.75) is 20.0 Å². The summed E-state index contributed by atoms with van der Waals surface area (Å²) >= 11 is 0. The van der Waals surface area contributed by atoms with Gasteiger partial charge in [-0.05, 0) is 49.2 Å². The number of para-hydroxylation sites is 1. The highest BCUT2D eigenvalue weighted by Gasteiger charge is 2.30. The van der Waals surface area contributed by atoms with Gasteiger partial charge < -0.3 is 15.4 Å². The third-order valence-electron chi connectivity index (χ3n) is 3.97. The van der Waals surface area contributed by atoms with Crippen molar-refractivity contribution in [3.05, 3.63) is 64.7 Å². The first kappa shape index (κ1) is 21.9. The first-order valence-electron chi connectivity index (χ1n) is 8.55. The van der Waals surface area contributed by atoms with E-state index in [1.54, 1.807) is 0 Å². The van der Waals surface area contributed by atoms with Gasteiger partial charge in [0.1, 0.15) is 0 Å². The molecule has 0 aliphatic rings. The lowest BCUT2D eigenvalue weighted by Crippen LogP contribution is -2.35. The molecule has 2 N–H and O–H groups in total. The summed E-state index contributed by atoms with van der Waals surface area (Å²) in [7, 11) is 0. The molecule has 0 aromatic heterocycles. The molecule has 0 aliphatic heterocycles. The maximum Gasteiger partial charge on any atom is 0.416 e. The van der Waals surface area contributed by atoms with Gasteiger partial charge in [0.2, 0.25) is 5.91 Å². The molecule has 154 valence electrons. The Morgan fingerprint density at radius 1 is 0.931 bits per heavy atom. The summed E-state index contributed by atoms with van der Waals surface area (Å²) in [5.74, 6) is -2.12. The maximum atomic E-state index is 12.5. The molecule has 0 fully saturated rings. The van der Waals surface area contributed by atoms with Crippen LogP contribution in [-0.4, -0.2) is 30.9 Å². The molecule has 2 amide bonds. The zero-order valence-corrected chi connectivity index (χ0v) is 15.7. The zero-order valence-electron chi connectivity index (χ0n) is 15.7. The zero-order chi connectivity index (χ0) is 21.6. The Bertz CT molecular complexity index is 889. The summed E-state index contributed by atoms with van der Waals surface area (Å²) in [6.45, 7) is 2.67. The lowest BCUT2D eigenvalue weighted by Gasteiger charge is -2.12. The van der Waals surface area contributed by atoms with Crippen molar-refractivity contribution in [3.8, 4) is 0 Å². The fourth-order valence-corrected chi connectivity index (χ4v) is 2.43. The number of rotatable bonds is 6. The predicted octanol–water partition coefficient (Wildman–Crippen LogP) is 3.23. The van der Waals surface area contributed by atoms with Crippen LogP contribution in [0.25, 0.3) is 0 Å². The van der Waals surface area contributed by atoms with Gasteiger partial charge in [-0.1, -0.05) is 18.2 Å². The third-order valence-corrected chi connectivity index (χ3v) is 3.97. The second-order valence-corrected chi connectivity index (χ2v) is 6.24. The molecule has 0 heterocycles. The number of hydrogen-bond acceptors (Lipinski definition) is 4. The number of carbonyl (C=O) groups is 3. The van der Waals surface area contributed by atoms with Crippen LogP contribution in [0.1, 0.15) is 27.0 Å². The Kier molecular flexibility index (Phi) is 6.98. The van der Waals surface area contributed by atoms with Gasteiger partial charge in [0, 0.05) is 5.69 Å². The standard InChI is InChI=1S/C20H19F3N2O4/c1-12-4-3-5-13(2)18(12)25-16(26)10-24-17(27)11-29-19(28)14-6-8-15(9-7-14)20(21,22)23/h3-9H,10-11H2,1-2H3,(H,24,27)(H,25,26). The van der Waals surface area contributed by atoms with E-state index < -0.39 is 36.1 Å². The Morgan fingerprint density at radius 3 is 2.07 bits per heavy atom. The highest BCUT2D eigenvalue weighted by atomic mass is 19.4. The summed E-state index contributed by atoms with van der Waals surface area (Å²) in [4.78, 5) is 35.5. The number of esters is 1. The molecule has 0 saturated carbocycles. The minimum absolute atomic E-state index is 0.126. The van der Waals surface area contributed by atoms with E-state index in [9.17, 15) is 27.6 Å². The molecular formula is C20H19F3N2O4. The molecule has 0 bridgehead atoms. The topological polar surface area (TPSA) is 84.5 Å². The van der Waals surface area contributed by atoms with E-state index in [-0.39, 0.29) is 12.1 Å². The molecule has 2 aromatic rings. The van der Waals surface area contributed by atoms with Crippen molar-refractivity contribution >= 4 is 23.5 Å². The molecule has 9 heteroatoms. The van der Waals surface area contributed by atoms with Gasteiger partial charge in [-0.3, -0.25) is 9.59 Å². The first-order valence-corrected chi connectivity index (χ1v) is 8.55. The molecule has 0 saturated heterocycles. The number of alkyl halides is 3. The van der Waals surface area contributed by atoms with Gasteiger partial charge in [-0.25, -0.2) is 4.79 Å². The number of anilines is 1. The average molecular weight is 408 g/mol. The molecule has 0 radical (unpaired) electrons. The summed E-state index contributed by atoms with van der Waals surface area (Å²) in [5, 5.41) is 4.99. The summed E-state index contributed by atoms with van der Waals surface area (Å²) in [6, 6.07) is 8.93. The van der Waals surface area contributed by atoms with Crippen LogP contribution in [0.4, 0.5) is 18.9 Å². The lowest BCUT2D eigenvalue weighted by molar-refractivity contribution is -0.137. The minimum atomic E-state index is -4.51. The first-order chi connectivity index (χ1) is 13.6. The average Bonchev–Trinajstić information content (AvgIpc) is 2.67. The molecule has 6 nitrogen and oxygen atoms in total. The van der Waals surface area contributed by atoms with E-state index in [0.29, 0.717) is 5.69 Å². The second kappa shape index (κ2) is 9.22. The van der Waals surface area contributed by atoms with Crippen LogP contribution < -0.4 is 10.6 Å². The van der Waals surface area contributed by atoms with Gasteiger partial charge in [0.25, 0.3) is 5.91 Å². The van der Waals surface area contributed by atoms with Crippen LogP contribution in [0, 0.1) is 13.8 Å². The Labute approximate surface area is 165 Å². The van der Waals surface area contributed by atoms with E-state index >= 15 is 0 Å². The molecule has 2 rings (SSSR count).